The van der Waals surface area contributed by atoms with E-state index in [1.165, 1.54) is 0 Å². The SMILES string of the molecule is Fc1cc(Cl)c(C(Cl)Cc2ccc(Cl)c(Cl)c2)cc1F. The van der Waals surface area contributed by atoms with Crippen molar-refractivity contribution in [3.8, 4) is 0 Å². The molecule has 0 aliphatic rings. The lowest BCUT2D eigenvalue weighted by Crippen LogP contribution is -1.99. The quantitative estimate of drug-likeness (QED) is 0.438. The van der Waals surface area contributed by atoms with Crippen molar-refractivity contribution in [1.82, 2.24) is 0 Å². The van der Waals surface area contributed by atoms with Gasteiger partial charge >= 0.3 is 0 Å². The van der Waals surface area contributed by atoms with Gasteiger partial charge in [-0.05, 0) is 41.8 Å². The summed E-state index contributed by atoms with van der Waals surface area (Å²) < 4.78 is 26.3. The second-order valence-electron chi connectivity index (χ2n) is 4.21. The molecule has 0 saturated carbocycles. The smallest absolute Gasteiger partial charge is 0.160 e. The summed E-state index contributed by atoms with van der Waals surface area (Å²) in [6, 6.07) is 7.00. The van der Waals surface area contributed by atoms with Crippen LogP contribution in [0.1, 0.15) is 16.5 Å². The average molecular weight is 356 g/mol. The van der Waals surface area contributed by atoms with Crippen LogP contribution in [0.5, 0.6) is 0 Å². The van der Waals surface area contributed by atoms with E-state index in [-0.39, 0.29) is 5.02 Å². The molecule has 0 N–H and O–H groups in total. The topological polar surface area (TPSA) is 0 Å². The summed E-state index contributed by atoms with van der Waals surface area (Å²) in [6.45, 7) is 0. The number of hydrogen-bond donors (Lipinski definition) is 0. The van der Waals surface area contributed by atoms with Gasteiger partial charge in [-0.3, -0.25) is 0 Å². The van der Waals surface area contributed by atoms with E-state index in [0.717, 1.165) is 17.7 Å². The van der Waals surface area contributed by atoms with Crippen LogP contribution in [0.4, 0.5) is 8.78 Å². The molecule has 20 heavy (non-hydrogen) atoms. The molecule has 106 valence electrons. The number of alkyl halides is 1. The minimum absolute atomic E-state index is 0.0870. The van der Waals surface area contributed by atoms with E-state index < -0.39 is 17.0 Å². The molecule has 0 nitrogen and oxygen atoms in total. The van der Waals surface area contributed by atoms with Crippen molar-refractivity contribution in [3.63, 3.8) is 0 Å². The van der Waals surface area contributed by atoms with E-state index in [1.807, 2.05) is 0 Å². The third kappa shape index (κ3) is 3.56. The van der Waals surface area contributed by atoms with Gasteiger partial charge < -0.3 is 0 Å². The second-order valence-corrected chi connectivity index (χ2v) is 5.96. The van der Waals surface area contributed by atoms with Crippen molar-refractivity contribution in [2.45, 2.75) is 11.8 Å². The van der Waals surface area contributed by atoms with Gasteiger partial charge in [-0.15, -0.1) is 11.6 Å². The molecule has 0 aliphatic heterocycles. The van der Waals surface area contributed by atoms with Gasteiger partial charge in [0.2, 0.25) is 0 Å². The lowest BCUT2D eigenvalue weighted by atomic mass is 10.0. The largest absolute Gasteiger partial charge is 0.204 e. The summed E-state index contributed by atoms with van der Waals surface area (Å²) in [6.07, 6.45) is 0.364. The third-order valence-electron chi connectivity index (χ3n) is 2.78. The zero-order valence-electron chi connectivity index (χ0n) is 9.94. The van der Waals surface area contributed by atoms with Crippen LogP contribution in [0.2, 0.25) is 15.1 Å². The Morgan fingerprint density at radius 1 is 0.850 bits per heavy atom. The van der Waals surface area contributed by atoms with Crippen molar-refractivity contribution < 1.29 is 8.78 Å². The Kier molecular flexibility index (Phi) is 5.14. The summed E-state index contributed by atoms with van der Waals surface area (Å²) >= 11 is 23.8. The van der Waals surface area contributed by atoms with E-state index in [0.29, 0.717) is 22.0 Å². The summed E-state index contributed by atoms with van der Waals surface area (Å²) in [5, 5.41) is 0.329. The molecular formula is C14H8Cl4F2. The lowest BCUT2D eigenvalue weighted by Gasteiger charge is -2.13. The monoisotopic (exact) mass is 354 g/mol. The molecule has 6 heteroatoms. The highest BCUT2D eigenvalue weighted by Gasteiger charge is 2.16. The number of halogens is 6. The molecule has 2 aromatic rings. The highest BCUT2D eigenvalue weighted by atomic mass is 35.5. The van der Waals surface area contributed by atoms with Crippen molar-refractivity contribution in [2.24, 2.45) is 0 Å². The van der Waals surface area contributed by atoms with Gasteiger partial charge in [0.05, 0.1) is 15.4 Å². The van der Waals surface area contributed by atoms with E-state index in [1.54, 1.807) is 18.2 Å². The molecule has 1 atom stereocenters. The molecule has 0 fully saturated rings. The summed E-state index contributed by atoms with van der Waals surface area (Å²) in [5.41, 5.74) is 1.15. The normalized spacial score (nSPS) is 12.5. The molecule has 0 spiro atoms. The molecule has 0 aliphatic carbocycles. The first-order valence-electron chi connectivity index (χ1n) is 5.61. The Morgan fingerprint density at radius 2 is 1.50 bits per heavy atom. The van der Waals surface area contributed by atoms with Crippen LogP contribution in [-0.4, -0.2) is 0 Å². The van der Waals surface area contributed by atoms with Crippen molar-refractivity contribution in [2.75, 3.05) is 0 Å². The van der Waals surface area contributed by atoms with Gasteiger partial charge in [0.25, 0.3) is 0 Å². The highest BCUT2D eigenvalue weighted by molar-refractivity contribution is 6.42. The first-order valence-corrected chi connectivity index (χ1v) is 7.18. The van der Waals surface area contributed by atoms with Crippen LogP contribution in [0.15, 0.2) is 30.3 Å². The number of hydrogen-bond acceptors (Lipinski definition) is 0. The summed E-state index contributed by atoms with van der Waals surface area (Å²) in [5.74, 6) is -1.98. The minimum Gasteiger partial charge on any atom is -0.204 e. The van der Waals surface area contributed by atoms with Crippen LogP contribution in [-0.2, 0) is 6.42 Å². The maximum Gasteiger partial charge on any atom is 0.160 e. The lowest BCUT2D eigenvalue weighted by molar-refractivity contribution is 0.507. The molecule has 1 unspecified atom stereocenters. The number of rotatable bonds is 3. The minimum atomic E-state index is -1.00. The molecule has 0 saturated heterocycles. The maximum absolute atomic E-state index is 13.2. The third-order valence-corrected chi connectivity index (χ3v) is 4.23. The highest BCUT2D eigenvalue weighted by Crippen LogP contribution is 2.33. The van der Waals surface area contributed by atoms with Crippen LogP contribution in [0.3, 0.4) is 0 Å². The van der Waals surface area contributed by atoms with E-state index >= 15 is 0 Å². The predicted molar refractivity (Wildman–Crippen MR) is 80.1 cm³/mol. The van der Waals surface area contributed by atoms with E-state index in [2.05, 4.69) is 0 Å². The molecular weight excluding hydrogens is 348 g/mol. The van der Waals surface area contributed by atoms with Crippen LogP contribution >= 0.6 is 46.4 Å². The first-order chi connectivity index (χ1) is 9.38. The standard InChI is InChI=1S/C14H8Cl4F2/c15-9-2-1-7(4-12(9)18)3-10(16)8-5-13(19)14(20)6-11(8)17/h1-2,4-6,10H,3H2. The van der Waals surface area contributed by atoms with Crippen molar-refractivity contribution in [3.05, 3.63) is 68.2 Å². The summed E-state index contributed by atoms with van der Waals surface area (Å²) in [7, 11) is 0. The van der Waals surface area contributed by atoms with Gasteiger partial charge in [-0.1, -0.05) is 40.9 Å². The molecule has 2 aromatic carbocycles. The molecule has 0 bridgehead atoms. The van der Waals surface area contributed by atoms with Gasteiger partial charge in [0.15, 0.2) is 11.6 Å². The van der Waals surface area contributed by atoms with Crippen LogP contribution in [0, 0.1) is 11.6 Å². The zero-order chi connectivity index (χ0) is 14.9. The Hall–Kier alpha value is -0.540. The fourth-order valence-corrected chi connectivity index (χ4v) is 2.78. The van der Waals surface area contributed by atoms with Gasteiger partial charge in [-0.2, -0.15) is 0 Å². The summed E-state index contributed by atoms with van der Waals surface area (Å²) in [4.78, 5) is 0. The van der Waals surface area contributed by atoms with Crippen molar-refractivity contribution in [1.29, 1.82) is 0 Å². The Bertz CT molecular complexity index is 643. The Morgan fingerprint density at radius 3 is 2.15 bits per heavy atom. The molecule has 0 amide bonds. The molecule has 0 aromatic heterocycles. The average Bonchev–Trinajstić information content (AvgIpc) is 2.38. The first kappa shape index (κ1) is 15.8. The Balaban J connectivity index is 2.25. The van der Waals surface area contributed by atoms with Gasteiger partial charge in [-0.25, -0.2) is 8.78 Å². The Labute approximate surface area is 135 Å². The number of benzene rings is 2. The zero-order valence-corrected chi connectivity index (χ0v) is 13.0. The maximum atomic E-state index is 13.2. The second kappa shape index (κ2) is 6.48. The fourth-order valence-electron chi connectivity index (χ4n) is 1.76. The molecule has 0 radical (unpaired) electrons. The fraction of sp³-hybridized carbons (Fsp3) is 0.143. The van der Waals surface area contributed by atoms with Gasteiger partial charge in [0, 0.05) is 5.02 Å². The molecule has 0 heterocycles. The predicted octanol–water partition coefficient (Wildman–Crippen LogP) is 6.45. The molecule has 2 rings (SSSR count). The van der Waals surface area contributed by atoms with Crippen molar-refractivity contribution >= 4 is 46.4 Å². The van der Waals surface area contributed by atoms with Crippen LogP contribution < -0.4 is 0 Å². The van der Waals surface area contributed by atoms with E-state index in [9.17, 15) is 8.78 Å². The van der Waals surface area contributed by atoms with Crippen LogP contribution in [0.25, 0.3) is 0 Å². The van der Waals surface area contributed by atoms with Gasteiger partial charge in [0.1, 0.15) is 0 Å². The van der Waals surface area contributed by atoms with E-state index in [4.69, 9.17) is 46.4 Å².